The van der Waals surface area contributed by atoms with Crippen molar-refractivity contribution in [3.05, 3.63) is 54.0 Å². The molecule has 0 saturated carbocycles. The van der Waals surface area contributed by atoms with Gasteiger partial charge >= 0.3 is 5.78 Å². The lowest BCUT2D eigenvalue weighted by Gasteiger charge is -1.99. The van der Waals surface area contributed by atoms with Crippen LogP contribution in [0.3, 0.4) is 0 Å². The third kappa shape index (κ3) is 1.53. The van der Waals surface area contributed by atoms with Crippen LogP contribution in [0.1, 0.15) is 11.4 Å². The molecule has 1 aromatic carbocycles. The van der Waals surface area contributed by atoms with E-state index in [4.69, 9.17) is 0 Å². The minimum Gasteiger partial charge on any atom is -0.356 e. The number of imidazole rings is 1. The lowest BCUT2D eigenvalue weighted by Crippen LogP contribution is -2.30. The molecule has 4 rings (SSSR count). The summed E-state index contributed by atoms with van der Waals surface area (Å²) in [7, 11) is 0. The average molecular weight is 263 g/mol. The van der Waals surface area contributed by atoms with Gasteiger partial charge in [-0.2, -0.15) is 4.52 Å². The van der Waals surface area contributed by atoms with Crippen LogP contribution in [0, 0.1) is 13.8 Å². The van der Waals surface area contributed by atoms with Gasteiger partial charge < -0.3 is 9.38 Å². The van der Waals surface area contributed by atoms with Crippen molar-refractivity contribution >= 4 is 11.6 Å². The molecule has 0 N–H and O–H groups in total. The molecular formula is C15H13N5. The molecule has 3 heterocycles. The monoisotopic (exact) mass is 263 g/mol. The van der Waals surface area contributed by atoms with Gasteiger partial charge in [0, 0.05) is 11.8 Å². The predicted molar refractivity (Wildman–Crippen MR) is 74.4 cm³/mol. The Hall–Kier alpha value is -2.69. The van der Waals surface area contributed by atoms with Crippen LogP contribution in [0.15, 0.2) is 42.6 Å². The van der Waals surface area contributed by atoms with Crippen LogP contribution in [0.5, 0.6) is 0 Å². The van der Waals surface area contributed by atoms with Gasteiger partial charge in [0.15, 0.2) is 0 Å². The fourth-order valence-electron chi connectivity index (χ4n) is 2.46. The summed E-state index contributed by atoms with van der Waals surface area (Å²) >= 11 is 0. The maximum absolute atomic E-state index is 4.58. The van der Waals surface area contributed by atoms with Crippen molar-refractivity contribution in [2.75, 3.05) is 0 Å². The van der Waals surface area contributed by atoms with Crippen molar-refractivity contribution < 1.29 is 4.52 Å². The molecule has 5 heteroatoms. The van der Waals surface area contributed by atoms with E-state index in [2.05, 4.69) is 15.1 Å². The largest absolute Gasteiger partial charge is 0.356 e. The fraction of sp³-hybridized carbons (Fsp3) is 0.133. The van der Waals surface area contributed by atoms with Crippen molar-refractivity contribution in [1.82, 2.24) is 19.5 Å². The maximum atomic E-state index is 4.58. The summed E-state index contributed by atoms with van der Waals surface area (Å²) in [6, 6.07) is 12.1. The van der Waals surface area contributed by atoms with Gasteiger partial charge in [-0.25, -0.2) is 5.10 Å². The zero-order valence-electron chi connectivity index (χ0n) is 11.3. The van der Waals surface area contributed by atoms with Gasteiger partial charge in [-0.15, -0.1) is 4.98 Å². The van der Waals surface area contributed by atoms with Gasteiger partial charge in [0.05, 0.1) is 11.5 Å². The van der Waals surface area contributed by atoms with Crippen LogP contribution in [-0.2, 0) is 0 Å². The molecule has 0 unspecified atom stereocenters. The smallest absolute Gasteiger partial charge is 0.301 e. The van der Waals surface area contributed by atoms with Gasteiger partial charge in [-0.1, -0.05) is 30.3 Å². The summed E-state index contributed by atoms with van der Waals surface area (Å²) in [4.78, 5) is 9.14. The second-order valence-corrected chi connectivity index (χ2v) is 4.91. The second kappa shape index (κ2) is 3.90. The highest BCUT2D eigenvalue weighted by Crippen LogP contribution is 2.18. The number of hydrogen-bond donors (Lipinski definition) is 0. The molecule has 0 aliphatic heterocycles. The number of aryl methyl sites for hydroxylation is 2. The van der Waals surface area contributed by atoms with Crippen molar-refractivity contribution in [2.45, 2.75) is 13.8 Å². The van der Waals surface area contributed by atoms with E-state index in [1.807, 2.05) is 65.4 Å². The molecule has 0 atom stereocenters. The Morgan fingerprint density at radius 3 is 2.70 bits per heavy atom. The summed E-state index contributed by atoms with van der Waals surface area (Å²) in [5, 5.41) is 4.51. The lowest BCUT2D eigenvalue weighted by molar-refractivity contribution is -0.591. The van der Waals surface area contributed by atoms with E-state index >= 15 is 0 Å². The van der Waals surface area contributed by atoms with Crippen LogP contribution >= 0.6 is 0 Å². The summed E-state index contributed by atoms with van der Waals surface area (Å²) in [6.07, 6.45) is 1.98. The van der Waals surface area contributed by atoms with Crippen molar-refractivity contribution in [3.8, 4) is 11.3 Å². The number of fused-ring (bicyclic) bond motifs is 3. The highest BCUT2D eigenvalue weighted by Gasteiger charge is 2.09. The SMILES string of the molecule is Cc1cc(C)[n+]2[n-]c3nc(-c4ccccc4)cn3c2n1. The van der Waals surface area contributed by atoms with E-state index in [1.165, 1.54) is 0 Å². The normalized spacial score (nSPS) is 11.5. The third-order valence-corrected chi connectivity index (χ3v) is 3.38. The van der Waals surface area contributed by atoms with Gasteiger partial charge in [0.25, 0.3) is 0 Å². The van der Waals surface area contributed by atoms with Crippen LogP contribution in [-0.4, -0.2) is 14.4 Å². The molecule has 4 aromatic rings. The highest BCUT2D eigenvalue weighted by atomic mass is 15.4. The number of aromatic nitrogens is 5. The molecule has 98 valence electrons. The Kier molecular flexibility index (Phi) is 2.18. The molecule has 0 amide bonds. The molecule has 0 bridgehead atoms. The van der Waals surface area contributed by atoms with E-state index in [0.717, 1.165) is 28.4 Å². The Morgan fingerprint density at radius 1 is 1.10 bits per heavy atom. The summed E-state index contributed by atoms with van der Waals surface area (Å²) in [6.45, 7) is 4.01. The van der Waals surface area contributed by atoms with Gasteiger partial charge in [-0.3, -0.25) is 0 Å². The third-order valence-electron chi connectivity index (χ3n) is 3.38. The van der Waals surface area contributed by atoms with E-state index in [9.17, 15) is 0 Å². The van der Waals surface area contributed by atoms with E-state index < -0.39 is 0 Å². The molecule has 20 heavy (non-hydrogen) atoms. The Labute approximate surface area is 115 Å². The van der Waals surface area contributed by atoms with Crippen LogP contribution in [0.25, 0.3) is 22.8 Å². The summed E-state index contributed by atoms with van der Waals surface area (Å²) < 4.78 is 3.76. The number of benzene rings is 1. The van der Waals surface area contributed by atoms with Crippen molar-refractivity contribution in [3.63, 3.8) is 0 Å². The van der Waals surface area contributed by atoms with Crippen molar-refractivity contribution in [1.29, 1.82) is 0 Å². The first-order valence-electron chi connectivity index (χ1n) is 6.50. The number of hydrogen-bond acceptors (Lipinski definition) is 2. The molecule has 5 nitrogen and oxygen atoms in total. The molecule has 0 fully saturated rings. The second-order valence-electron chi connectivity index (χ2n) is 4.91. The van der Waals surface area contributed by atoms with Crippen LogP contribution < -0.4 is 9.61 Å². The molecule has 3 aromatic heterocycles. The van der Waals surface area contributed by atoms with Crippen LogP contribution in [0.4, 0.5) is 0 Å². The zero-order valence-corrected chi connectivity index (χ0v) is 11.3. The molecule has 0 radical (unpaired) electrons. The first-order valence-corrected chi connectivity index (χ1v) is 6.50. The van der Waals surface area contributed by atoms with Crippen molar-refractivity contribution in [2.24, 2.45) is 0 Å². The Bertz CT molecular complexity index is 918. The zero-order chi connectivity index (χ0) is 13.7. The average Bonchev–Trinajstić information content (AvgIpc) is 2.99. The fourth-order valence-corrected chi connectivity index (χ4v) is 2.46. The number of nitrogens with zero attached hydrogens (tertiary/aromatic N) is 5. The van der Waals surface area contributed by atoms with Crippen LogP contribution in [0.2, 0.25) is 0 Å². The molecule has 0 spiro atoms. The molecule has 0 saturated heterocycles. The van der Waals surface area contributed by atoms with Gasteiger partial charge in [0.1, 0.15) is 5.69 Å². The van der Waals surface area contributed by atoms with E-state index in [1.54, 1.807) is 0 Å². The minimum atomic E-state index is 0.671. The highest BCUT2D eigenvalue weighted by molar-refractivity contribution is 5.62. The lowest BCUT2D eigenvalue weighted by atomic mass is 10.2. The molecular weight excluding hydrogens is 250 g/mol. The van der Waals surface area contributed by atoms with E-state index in [-0.39, 0.29) is 0 Å². The Balaban J connectivity index is 2.02. The Morgan fingerprint density at radius 2 is 1.90 bits per heavy atom. The topological polar surface area (TPSA) is 48.4 Å². The predicted octanol–water partition coefficient (Wildman–Crippen LogP) is 1.71. The summed E-state index contributed by atoms with van der Waals surface area (Å²) in [5.74, 6) is 1.47. The van der Waals surface area contributed by atoms with E-state index in [0.29, 0.717) is 5.78 Å². The number of rotatable bonds is 1. The maximum Gasteiger partial charge on any atom is 0.301 e. The van der Waals surface area contributed by atoms with Gasteiger partial charge in [0.2, 0.25) is 0 Å². The standard InChI is InChI=1S/C15H13N5/c1-10-8-11(2)20-15(16-10)19-9-13(17-14(19)18-20)12-6-4-3-5-7-12/h3-9H,1-2H3. The molecule has 0 aliphatic rings. The minimum absolute atomic E-state index is 0.671. The summed E-state index contributed by atoms with van der Waals surface area (Å²) in [5.41, 5.74) is 4.03. The molecule has 0 aliphatic carbocycles. The van der Waals surface area contributed by atoms with Gasteiger partial charge in [-0.05, 0) is 25.6 Å². The first kappa shape index (κ1) is 11.2. The first-order chi connectivity index (χ1) is 9.72. The quantitative estimate of drug-likeness (QED) is 0.491.